The predicted octanol–water partition coefficient (Wildman–Crippen LogP) is 4.03. The number of nitrogens with one attached hydrogen (secondary N) is 2. The first-order valence-electron chi connectivity index (χ1n) is 9.99. The molecule has 170 valence electrons. The second kappa shape index (κ2) is 10.8. The fraction of sp³-hybridized carbons (Fsp3) is 0.318. The van der Waals surface area contributed by atoms with Crippen molar-refractivity contribution in [3.8, 4) is 21.9 Å². The van der Waals surface area contributed by atoms with E-state index in [4.69, 9.17) is 9.47 Å². The molecular formula is C22H27N5O4S. The Labute approximate surface area is 191 Å². The van der Waals surface area contributed by atoms with E-state index < -0.39 is 5.97 Å². The van der Waals surface area contributed by atoms with Gasteiger partial charge in [-0.3, -0.25) is 0 Å². The first-order valence-corrected chi connectivity index (χ1v) is 10.8. The number of ether oxygens (including phenoxy) is 2. The maximum absolute atomic E-state index is 11.3. The Morgan fingerprint density at radius 1 is 1.16 bits per heavy atom. The quantitative estimate of drug-likeness (QED) is 0.368. The van der Waals surface area contributed by atoms with Crippen molar-refractivity contribution in [1.82, 2.24) is 14.9 Å². The van der Waals surface area contributed by atoms with Gasteiger partial charge in [-0.15, -0.1) is 11.3 Å². The van der Waals surface area contributed by atoms with Gasteiger partial charge in [-0.2, -0.15) is 4.98 Å². The van der Waals surface area contributed by atoms with Crippen LogP contribution in [0, 0.1) is 0 Å². The molecule has 0 fully saturated rings. The largest absolute Gasteiger partial charge is 0.497 e. The van der Waals surface area contributed by atoms with Gasteiger partial charge in [-0.1, -0.05) is 0 Å². The number of carboxylic acid groups (broad SMARTS) is 1. The van der Waals surface area contributed by atoms with E-state index in [2.05, 4.69) is 25.5 Å². The van der Waals surface area contributed by atoms with E-state index in [0.717, 1.165) is 29.1 Å². The number of carboxylic acids is 1. The van der Waals surface area contributed by atoms with Gasteiger partial charge in [0.25, 0.3) is 0 Å². The minimum Gasteiger partial charge on any atom is -0.497 e. The number of hydrogen-bond donors (Lipinski definition) is 3. The topological polar surface area (TPSA) is 109 Å². The highest BCUT2D eigenvalue weighted by Gasteiger charge is 2.15. The lowest BCUT2D eigenvalue weighted by Crippen LogP contribution is -2.17. The Morgan fingerprint density at radius 2 is 1.88 bits per heavy atom. The van der Waals surface area contributed by atoms with Gasteiger partial charge in [0.15, 0.2) is 0 Å². The van der Waals surface area contributed by atoms with Gasteiger partial charge in [0.1, 0.15) is 22.2 Å². The summed E-state index contributed by atoms with van der Waals surface area (Å²) in [5.41, 5.74) is 1.47. The highest BCUT2D eigenvalue weighted by atomic mass is 32.1. The Balaban J connectivity index is 1.89. The third-order valence-corrected chi connectivity index (χ3v) is 5.66. The minimum absolute atomic E-state index is 0.268. The van der Waals surface area contributed by atoms with E-state index in [1.165, 1.54) is 11.3 Å². The van der Waals surface area contributed by atoms with Crippen LogP contribution in [0.4, 0.5) is 17.5 Å². The molecule has 3 rings (SSSR count). The summed E-state index contributed by atoms with van der Waals surface area (Å²) in [6.07, 6.45) is 2.62. The van der Waals surface area contributed by atoms with Crippen LogP contribution in [0.2, 0.25) is 0 Å². The van der Waals surface area contributed by atoms with Crippen LogP contribution >= 0.6 is 11.3 Å². The molecule has 1 aromatic carbocycles. The molecule has 0 aliphatic heterocycles. The number of rotatable bonds is 11. The Hall–Kier alpha value is -3.37. The fourth-order valence-corrected chi connectivity index (χ4v) is 3.82. The monoisotopic (exact) mass is 457 g/mol. The molecule has 0 spiro atoms. The molecule has 0 bridgehead atoms. The molecule has 0 radical (unpaired) electrons. The first kappa shape index (κ1) is 23.3. The zero-order chi connectivity index (χ0) is 23.1. The summed E-state index contributed by atoms with van der Waals surface area (Å²) < 4.78 is 10.6. The van der Waals surface area contributed by atoms with Crippen molar-refractivity contribution in [2.75, 3.05) is 52.0 Å². The molecule has 0 aliphatic rings. The molecule has 32 heavy (non-hydrogen) atoms. The maximum atomic E-state index is 11.3. The number of methoxy groups -OCH3 is 2. The van der Waals surface area contributed by atoms with E-state index in [9.17, 15) is 9.90 Å². The lowest BCUT2D eigenvalue weighted by atomic mass is 10.2. The summed E-state index contributed by atoms with van der Waals surface area (Å²) in [4.78, 5) is 23.6. The number of carbonyl (C=O) groups is 1. The van der Waals surface area contributed by atoms with Crippen molar-refractivity contribution in [3.63, 3.8) is 0 Å². The summed E-state index contributed by atoms with van der Waals surface area (Å²) in [6.45, 7) is 1.65. The standard InChI is InChI=1S/C22H27N5O4S/c1-27(2)9-5-8-23-20-17(18-6-7-19(32-18)21(28)29)13-24-22(26-20)25-14-10-15(30-3)12-16(11-14)31-4/h6-7,10-13H,5,8-9H2,1-4H3,(H,28,29)(H2,23,24,25,26). The smallest absolute Gasteiger partial charge is 0.345 e. The molecule has 0 amide bonds. The lowest BCUT2D eigenvalue weighted by Gasteiger charge is -2.14. The van der Waals surface area contributed by atoms with Crippen molar-refractivity contribution in [2.45, 2.75) is 6.42 Å². The Kier molecular flexibility index (Phi) is 7.85. The highest BCUT2D eigenvalue weighted by molar-refractivity contribution is 7.17. The summed E-state index contributed by atoms with van der Waals surface area (Å²) in [5.74, 6) is 1.37. The van der Waals surface area contributed by atoms with Crippen LogP contribution in [-0.2, 0) is 0 Å². The molecule has 2 aromatic heterocycles. The van der Waals surface area contributed by atoms with Crippen LogP contribution in [-0.4, -0.2) is 67.3 Å². The second-order valence-corrected chi connectivity index (χ2v) is 8.32. The molecule has 3 N–H and O–H groups in total. The number of benzene rings is 1. The average Bonchev–Trinajstić information content (AvgIpc) is 3.27. The lowest BCUT2D eigenvalue weighted by molar-refractivity contribution is 0.0702. The van der Waals surface area contributed by atoms with Gasteiger partial charge >= 0.3 is 5.97 Å². The Bertz CT molecular complexity index is 1050. The van der Waals surface area contributed by atoms with Gasteiger partial charge < -0.3 is 30.1 Å². The third-order valence-electron chi connectivity index (χ3n) is 4.55. The van der Waals surface area contributed by atoms with Gasteiger partial charge in [0.2, 0.25) is 5.95 Å². The van der Waals surface area contributed by atoms with Crippen LogP contribution in [0.3, 0.4) is 0 Å². The second-order valence-electron chi connectivity index (χ2n) is 7.23. The summed E-state index contributed by atoms with van der Waals surface area (Å²) in [7, 11) is 7.23. The van der Waals surface area contributed by atoms with Gasteiger partial charge in [-0.05, 0) is 39.2 Å². The van der Waals surface area contributed by atoms with Crippen molar-refractivity contribution in [3.05, 3.63) is 41.4 Å². The average molecular weight is 458 g/mol. The van der Waals surface area contributed by atoms with Gasteiger partial charge in [0, 0.05) is 41.5 Å². The summed E-state index contributed by atoms with van der Waals surface area (Å²) in [6, 6.07) is 8.79. The van der Waals surface area contributed by atoms with E-state index in [1.54, 1.807) is 38.6 Å². The van der Waals surface area contributed by atoms with E-state index in [-0.39, 0.29) is 4.88 Å². The third kappa shape index (κ3) is 6.08. The zero-order valence-electron chi connectivity index (χ0n) is 18.5. The fourth-order valence-electron chi connectivity index (χ4n) is 2.97. The van der Waals surface area contributed by atoms with Crippen molar-refractivity contribution >= 4 is 34.8 Å². The molecule has 2 heterocycles. The number of nitrogens with zero attached hydrogens (tertiary/aromatic N) is 3. The molecule has 3 aromatic rings. The number of anilines is 3. The van der Waals surface area contributed by atoms with Crippen molar-refractivity contribution in [1.29, 1.82) is 0 Å². The number of thiophene rings is 1. The number of aromatic nitrogens is 2. The van der Waals surface area contributed by atoms with Crippen LogP contribution in [0.25, 0.3) is 10.4 Å². The minimum atomic E-state index is -0.951. The summed E-state index contributed by atoms with van der Waals surface area (Å²) in [5, 5.41) is 15.8. The zero-order valence-corrected chi connectivity index (χ0v) is 19.3. The number of aromatic carboxylic acids is 1. The molecular weight excluding hydrogens is 430 g/mol. The van der Waals surface area contributed by atoms with Crippen LogP contribution < -0.4 is 20.1 Å². The normalized spacial score (nSPS) is 10.8. The van der Waals surface area contributed by atoms with E-state index >= 15 is 0 Å². The van der Waals surface area contributed by atoms with E-state index in [1.807, 2.05) is 26.2 Å². The van der Waals surface area contributed by atoms with Gasteiger partial charge in [0.05, 0.1) is 19.8 Å². The molecule has 0 saturated heterocycles. The molecule has 0 unspecified atom stereocenters. The molecule has 10 heteroatoms. The SMILES string of the molecule is COc1cc(Nc2ncc(-c3ccc(C(=O)O)s3)c(NCCCN(C)C)n2)cc(OC)c1. The predicted molar refractivity (Wildman–Crippen MR) is 127 cm³/mol. The van der Waals surface area contributed by atoms with E-state index in [0.29, 0.717) is 29.8 Å². The number of hydrogen-bond acceptors (Lipinski definition) is 9. The maximum Gasteiger partial charge on any atom is 0.345 e. The summed E-state index contributed by atoms with van der Waals surface area (Å²) >= 11 is 1.19. The van der Waals surface area contributed by atoms with Crippen molar-refractivity contribution in [2.24, 2.45) is 0 Å². The van der Waals surface area contributed by atoms with Crippen LogP contribution in [0.5, 0.6) is 11.5 Å². The molecule has 0 atom stereocenters. The molecule has 9 nitrogen and oxygen atoms in total. The first-order chi connectivity index (χ1) is 15.4. The molecule has 0 saturated carbocycles. The van der Waals surface area contributed by atoms with Crippen molar-refractivity contribution < 1.29 is 19.4 Å². The van der Waals surface area contributed by atoms with Crippen LogP contribution in [0.15, 0.2) is 36.5 Å². The van der Waals surface area contributed by atoms with Gasteiger partial charge in [-0.25, -0.2) is 9.78 Å². The molecule has 0 aliphatic carbocycles. The van der Waals surface area contributed by atoms with Crippen LogP contribution in [0.1, 0.15) is 16.1 Å². The Morgan fingerprint density at radius 3 is 2.47 bits per heavy atom. The highest BCUT2D eigenvalue weighted by Crippen LogP contribution is 2.34.